The van der Waals surface area contributed by atoms with E-state index in [9.17, 15) is 0 Å². The smallest absolute Gasteiger partial charge is 0.191 e. The number of guanidine groups is 1. The van der Waals surface area contributed by atoms with Crippen LogP contribution in [0.1, 0.15) is 46.4 Å². The van der Waals surface area contributed by atoms with Crippen molar-refractivity contribution in [2.45, 2.75) is 40.7 Å². The van der Waals surface area contributed by atoms with Gasteiger partial charge in [0.05, 0.1) is 12.3 Å². The third-order valence-corrected chi connectivity index (χ3v) is 3.55. The van der Waals surface area contributed by atoms with Gasteiger partial charge in [0.2, 0.25) is 0 Å². The van der Waals surface area contributed by atoms with Gasteiger partial charge in [0.1, 0.15) is 5.76 Å². The largest absolute Gasteiger partial charge is 0.468 e. The van der Waals surface area contributed by atoms with Gasteiger partial charge in [0.25, 0.3) is 0 Å². The minimum Gasteiger partial charge on any atom is -0.468 e. The molecule has 134 valence electrons. The molecule has 0 fully saturated rings. The molecule has 2 N–H and O–H groups in total. The first-order chi connectivity index (χ1) is 10.6. The van der Waals surface area contributed by atoms with Gasteiger partial charge in [-0.15, -0.1) is 24.0 Å². The molecule has 1 aromatic rings. The number of hydrogen-bond donors (Lipinski definition) is 2. The molecule has 0 saturated heterocycles. The van der Waals surface area contributed by atoms with E-state index >= 15 is 0 Å². The predicted molar refractivity (Wildman–Crippen MR) is 109 cm³/mol. The molecule has 0 aromatic carbocycles. The first-order valence-electron chi connectivity index (χ1n) is 8.41. The summed E-state index contributed by atoms with van der Waals surface area (Å²) in [6.07, 6.45) is 1.74. The van der Waals surface area contributed by atoms with Crippen molar-refractivity contribution in [1.29, 1.82) is 0 Å². The van der Waals surface area contributed by atoms with E-state index in [0.29, 0.717) is 5.92 Å². The van der Waals surface area contributed by atoms with Crippen molar-refractivity contribution in [2.24, 2.45) is 10.9 Å². The van der Waals surface area contributed by atoms with Gasteiger partial charge in [-0.1, -0.05) is 27.7 Å². The van der Waals surface area contributed by atoms with E-state index in [4.69, 9.17) is 4.42 Å². The van der Waals surface area contributed by atoms with E-state index in [1.807, 2.05) is 12.1 Å². The molecule has 0 bridgehead atoms. The lowest BCUT2D eigenvalue weighted by molar-refractivity contribution is 0.193. The first-order valence-corrected chi connectivity index (χ1v) is 8.41. The van der Waals surface area contributed by atoms with Crippen molar-refractivity contribution < 1.29 is 4.42 Å². The van der Waals surface area contributed by atoms with Crippen molar-refractivity contribution in [2.75, 3.05) is 32.7 Å². The zero-order valence-electron chi connectivity index (χ0n) is 15.1. The SMILES string of the molecule is CCNC(=NCC(C)C)NCC(c1ccco1)N(CC)CC.I. The summed E-state index contributed by atoms with van der Waals surface area (Å²) in [5, 5.41) is 6.75. The van der Waals surface area contributed by atoms with Crippen LogP contribution in [0.25, 0.3) is 0 Å². The van der Waals surface area contributed by atoms with E-state index in [1.54, 1.807) is 6.26 Å². The van der Waals surface area contributed by atoms with Gasteiger partial charge >= 0.3 is 0 Å². The molecular weight excluding hydrogens is 403 g/mol. The molecule has 1 heterocycles. The highest BCUT2D eigenvalue weighted by Crippen LogP contribution is 2.20. The van der Waals surface area contributed by atoms with E-state index in [-0.39, 0.29) is 30.0 Å². The van der Waals surface area contributed by atoms with Crippen molar-refractivity contribution in [3.05, 3.63) is 24.2 Å². The Morgan fingerprint density at radius 3 is 2.39 bits per heavy atom. The molecular formula is C17H33IN4O. The van der Waals surface area contributed by atoms with Gasteiger partial charge in [-0.25, -0.2) is 0 Å². The van der Waals surface area contributed by atoms with Crippen LogP contribution in [0.2, 0.25) is 0 Å². The van der Waals surface area contributed by atoms with E-state index in [1.165, 1.54) is 0 Å². The Bertz CT molecular complexity index is 416. The highest BCUT2D eigenvalue weighted by Gasteiger charge is 2.20. The monoisotopic (exact) mass is 436 g/mol. The van der Waals surface area contributed by atoms with Crippen LogP contribution in [0.15, 0.2) is 27.8 Å². The summed E-state index contributed by atoms with van der Waals surface area (Å²) in [6.45, 7) is 15.2. The molecule has 0 radical (unpaired) electrons. The van der Waals surface area contributed by atoms with Gasteiger partial charge < -0.3 is 15.1 Å². The predicted octanol–water partition coefficient (Wildman–Crippen LogP) is 3.49. The minimum atomic E-state index is 0. The average molecular weight is 436 g/mol. The molecule has 0 amide bonds. The highest BCUT2D eigenvalue weighted by atomic mass is 127. The Kier molecular flexibility index (Phi) is 12.2. The van der Waals surface area contributed by atoms with Crippen LogP contribution < -0.4 is 10.6 Å². The van der Waals surface area contributed by atoms with Gasteiger partial charge in [0, 0.05) is 19.6 Å². The van der Waals surface area contributed by atoms with Crippen LogP contribution in [-0.4, -0.2) is 43.6 Å². The summed E-state index contributed by atoms with van der Waals surface area (Å²) >= 11 is 0. The van der Waals surface area contributed by atoms with E-state index in [2.05, 4.69) is 55.1 Å². The lowest BCUT2D eigenvalue weighted by atomic mass is 10.2. The fourth-order valence-corrected chi connectivity index (χ4v) is 2.36. The zero-order valence-corrected chi connectivity index (χ0v) is 17.5. The topological polar surface area (TPSA) is 52.8 Å². The summed E-state index contributed by atoms with van der Waals surface area (Å²) in [5.74, 6) is 2.43. The standard InChI is InChI=1S/C17H32N4O.HI/c1-6-18-17(19-12-14(4)5)20-13-15(21(7-2)8-3)16-10-9-11-22-16;/h9-11,14-15H,6-8,12-13H2,1-5H3,(H2,18,19,20);1H. The molecule has 0 aliphatic heterocycles. The molecule has 0 aliphatic rings. The molecule has 0 saturated carbocycles. The minimum absolute atomic E-state index is 0. The molecule has 1 unspecified atom stereocenters. The molecule has 0 spiro atoms. The second kappa shape index (κ2) is 12.6. The number of halogens is 1. The van der Waals surface area contributed by atoms with Crippen molar-refractivity contribution in [3.63, 3.8) is 0 Å². The third-order valence-electron chi connectivity index (χ3n) is 3.55. The van der Waals surface area contributed by atoms with Crippen LogP contribution in [0.5, 0.6) is 0 Å². The number of nitrogens with one attached hydrogen (secondary N) is 2. The van der Waals surface area contributed by atoms with Crippen LogP contribution in [0.4, 0.5) is 0 Å². The van der Waals surface area contributed by atoms with Crippen molar-refractivity contribution >= 4 is 29.9 Å². The molecule has 1 rings (SSSR count). The number of furan rings is 1. The van der Waals surface area contributed by atoms with Gasteiger partial charge in [-0.2, -0.15) is 0 Å². The van der Waals surface area contributed by atoms with Crippen LogP contribution in [0, 0.1) is 5.92 Å². The fourth-order valence-electron chi connectivity index (χ4n) is 2.36. The maximum absolute atomic E-state index is 5.63. The van der Waals surface area contributed by atoms with Crippen molar-refractivity contribution in [1.82, 2.24) is 15.5 Å². The lowest BCUT2D eigenvalue weighted by Crippen LogP contribution is -2.43. The molecule has 5 nitrogen and oxygen atoms in total. The summed E-state index contributed by atoms with van der Waals surface area (Å²) in [5.41, 5.74) is 0. The molecule has 23 heavy (non-hydrogen) atoms. The normalized spacial score (nSPS) is 13.1. The maximum atomic E-state index is 5.63. The number of nitrogens with zero attached hydrogens (tertiary/aromatic N) is 2. The highest BCUT2D eigenvalue weighted by molar-refractivity contribution is 14.0. The van der Waals surface area contributed by atoms with Gasteiger partial charge in [0.15, 0.2) is 5.96 Å². The Hall–Kier alpha value is -0.760. The summed E-state index contributed by atoms with van der Waals surface area (Å²) in [4.78, 5) is 7.01. The third kappa shape index (κ3) is 8.06. The number of rotatable bonds is 9. The number of aliphatic imine (C=N–C) groups is 1. The Balaban J connectivity index is 0.00000484. The summed E-state index contributed by atoms with van der Waals surface area (Å²) < 4.78 is 5.63. The fraction of sp³-hybridized carbons (Fsp3) is 0.706. The second-order valence-electron chi connectivity index (χ2n) is 5.75. The van der Waals surface area contributed by atoms with E-state index in [0.717, 1.165) is 44.4 Å². The second-order valence-corrected chi connectivity index (χ2v) is 5.75. The van der Waals surface area contributed by atoms with Gasteiger partial charge in [-0.3, -0.25) is 9.89 Å². The average Bonchev–Trinajstić information content (AvgIpc) is 3.02. The quantitative estimate of drug-likeness (QED) is 0.354. The van der Waals surface area contributed by atoms with E-state index < -0.39 is 0 Å². The molecule has 1 aromatic heterocycles. The molecule has 6 heteroatoms. The first kappa shape index (κ1) is 22.2. The zero-order chi connectivity index (χ0) is 16.4. The molecule has 1 atom stereocenters. The summed E-state index contributed by atoms with van der Waals surface area (Å²) in [7, 11) is 0. The van der Waals surface area contributed by atoms with Crippen LogP contribution >= 0.6 is 24.0 Å². The lowest BCUT2D eigenvalue weighted by Gasteiger charge is -2.28. The number of likely N-dealkylation sites (N-methyl/N-ethyl adjacent to an activating group) is 1. The Morgan fingerprint density at radius 1 is 1.22 bits per heavy atom. The number of hydrogen-bond acceptors (Lipinski definition) is 3. The van der Waals surface area contributed by atoms with Crippen LogP contribution in [-0.2, 0) is 0 Å². The Morgan fingerprint density at radius 2 is 1.91 bits per heavy atom. The molecule has 0 aliphatic carbocycles. The van der Waals surface area contributed by atoms with Gasteiger partial charge in [-0.05, 0) is 38.1 Å². The summed E-state index contributed by atoms with van der Waals surface area (Å²) in [6, 6.07) is 4.21. The maximum Gasteiger partial charge on any atom is 0.191 e. The van der Waals surface area contributed by atoms with Crippen molar-refractivity contribution in [3.8, 4) is 0 Å². The Labute approximate surface area is 158 Å². The van der Waals surface area contributed by atoms with Crippen LogP contribution in [0.3, 0.4) is 0 Å².